The van der Waals surface area contributed by atoms with Crippen molar-refractivity contribution in [1.82, 2.24) is 10.3 Å². The maximum atomic E-state index is 5.75. The Hall–Kier alpha value is -1.55. The van der Waals surface area contributed by atoms with Gasteiger partial charge in [0.15, 0.2) is 0 Å². The largest absolute Gasteiger partial charge is 0.494 e. The van der Waals surface area contributed by atoms with E-state index in [4.69, 9.17) is 4.74 Å². The fraction of sp³-hybridized carbons (Fsp3) is 0.611. The van der Waals surface area contributed by atoms with E-state index in [1.165, 1.54) is 17.7 Å². The van der Waals surface area contributed by atoms with Crippen molar-refractivity contribution in [3.05, 3.63) is 29.8 Å². The molecule has 0 spiro atoms. The lowest BCUT2D eigenvalue weighted by molar-refractivity contribution is 0.238. The number of fused-ring (bicyclic) bond motifs is 1. The standard InChI is InChI=1S/C18H27N3O/c1-3-5-12-22-15-8-6-14(7-9-15)18-16-13-21(4-2)11-10-17(16)19-20-18/h6-9,16,18,20H,3-5,10-13H2,1-2H3. The van der Waals surface area contributed by atoms with Crippen molar-refractivity contribution in [2.45, 2.75) is 39.2 Å². The molecule has 2 heterocycles. The van der Waals surface area contributed by atoms with Crippen LogP contribution in [-0.2, 0) is 0 Å². The molecule has 3 rings (SSSR count). The van der Waals surface area contributed by atoms with Crippen LogP contribution < -0.4 is 10.2 Å². The predicted octanol–water partition coefficient (Wildman–Crippen LogP) is 3.21. The van der Waals surface area contributed by atoms with Gasteiger partial charge in [0.25, 0.3) is 0 Å². The number of nitrogens with zero attached hydrogens (tertiary/aromatic N) is 2. The fourth-order valence-corrected chi connectivity index (χ4v) is 3.31. The number of rotatable bonds is 6. The SMILES string of the molecule is CCCCOc1ccc(C2NN=C3CCN(CC)CC32)cc1. The average molecular weight is 301 g/mol. The van der Waals surface area contributed by atoms with Gasteiger partial charge < -0.3 is 15.1 Å². The highest BCUT2D eigenvalue weighted by Gasteiger charge is 2.36. The Bertz CT molecular complexity index is 512. The summed E-state index contributed by atoms with van der Waals surface area (Å²) in [6.45, 7) is 8.60. The maximum Gasteiger partial charge on any atom is 0.119 e. The molecule has 0 radical (unpaired) electrons. The quantitative estimate of drug-likeness (QED) is 0.820. The minimum atomic E-state index is 0.314. The summed E-state index contributed by atoms with van der Waals surface area (Å²) in [5.41, 5.74) is 6.01. The van der Waals surface area contributed by atoms with Crippen molar-refractivity contribution in [1.29, 1.82) is 0 Å². The van der Waals surface area contributed by atoms with Crippen LogP contribution in [0.3, 0.4) is 0 Å². The molecule has 120 valence electrons. The van der Waals surface area contributed by atoms with Gasteiger partial charge in [0.05, 0.1) is 12.6 Å². The fourth-order valence-electron chi connectivity index (χ4n) is 3.31. The number of nitrogens with one attached hydrogen (secondary N) is 1. The van der Waals surface area contributed by atoms with Gasteiger partial charge in [-0.1, -0.05) is 32.4 Å². The van der Waals surface area contributed by atoms with Gasteiger partial charge in [-0.2, -0.15) is 5.10 Å². The second kappa shape index (κ2) is 7.14. The van der Waals surface area contributed by atoms with E-state index < -0.39 is 0 Å². The molecule has 4 nitrogen and oxygen atoms in total. The number of likely N-dealkylation sites (tertiary alicyclic amines) is 1. The Labute approximate surface area is 133 Å². The van der Waals surface area contributed by atoms with Gasteiger partial charge in [-0.15, -0.1) is 0 Å². The predicted molar refractivity (Wildman–Crippen MR) is 90.4 cm³/mol. The van der Waals surface area contributed by atoms with Crippen LogP contribution in [0.5, 0.6) is 5.75 Å². The molecule has 0 amide bonds. The minimum absolute atomic E-state index is 0.314. The van der Waals surface area contributed by atoms with Gasteiger partial charge in [-0.25, -0.2) is 0 Å². The first kappa shape index (κ1) is 15.3. The third-order valence-electron chi connectivity index (χ3n) is 4.77. The third-order valence-corrected chi connectivity index (χ3v) is 4.77. The van der Waals surface area contributed by atoms with Gasteiger partial charge in [-0.05, 0) is 30.7 Å². The number of hydrogen-bond donors (Lipinski definition) is 1. The number of piperidine rings is 1. The molecule has 4 heteroatoms. The van der Waals surface area contributed by atoms with Crippen molar-refractivity contribution in [3.8, 4) is 5.75 Å². The molecule has 1 aromatic carbocycles. The molecular weight excluding hydrogens is 274 g/mol. The van der Waals surface area contributed by atoms with Gasteiger partial charge in [0.1, 0.15) is 5.75 Å². The molecule has 1 saturated heterocycles. The highest BCUT2D eigenvalue weighted by molar-refractivity contribution is 5.89. The Morgan fingerprint density at radius 2 is 2.09 bits per heavy atom. The lowest BCUT2D eigenvalue weighted by Gasteiger charge is -2.32. The van der Waals surface area contributed by atoms with Crippen LogP contribution in [0, 0.1) is 5.92 Å². The monoisotopic (exact) mass is 301 g/mol. The summed E-state index contributed by atoms with van der Waals surface area (Å²) in [4.78, 5) is 2.52. The Morgan fingerprint density at radius 1 is 1.27 bits per heavy atom. The molecule has 1 aromatic rings. The van der Waals surface area contributed by atoms with Crippen LogP contribution in [0.25, 0.3) is 0 Å². The number of benzene rings is 1. The molecule has 1 fully saturated rings. The molecule has 2 unspecified atom stereocenters. The van der Waals surface area contributed by atoms with E-state index >= 15 is 0 Å². The van der Waals surface area contributed by atoms with Gasteiger partial charge in [0, 0.05) is 31.1 Å². The van der Waals surface area contributed by atoms with E-state index in [2.05, 4.69) is 53.5 Å². The molecule has 0 bridgehead atoms. The van der Waals surface area contributed by atoms with Gasteiger partial charge in [-0.3, -0.25) is 0 Å². The lowest BCUT2D eigenvalue weighted by Crippen LogP contribution is -2.41. The molecule has 2 atom stereocenters. The summed E-state index contributed by atoms with van der Waals surface area (Å²) in [6.07, 6.45) is 3.37. The molecule has 0 saturated carbocycles. The Kier molecular flexibility index (Phi) is 4.98. The molecule has 1 N–H and O–H groups in total. The van der Waals surface area contributed by atoms with Crippen LogP contribution in [0.15, 0.2) is 29.4 Å². The van der Waals surface area contributed by atoms with Crippen LogP contribution in [0.4, 0.5) is 0 Å². The molecule has 0 aromatic heterocycles. The normalized spacial score (nSPS) is 24.5. The van der Waals surface area contributed by atoms with Crippen molar-refractivity contribution < 1.29 is 4.74 Å². The summed E-state index contributed by atoms with van der Waals surface area (Å²) in [6, 6.07) is 8.86. The summed E-state index contributed by atoms with van der Waals surface area (Å²) in [7, 11) is 0. The number of ether oxygens (including phenoxy) is 1. The third kappa shape index (κ3) is 3.27. The van der Waals surface area contributed by atoms with Crippen molar-refractivity contribution in [3.63, 3.8) is 0 Å². The van der Waals surface area contributed by atoms with Crippen molar-refractivity contribution in [2.24, 2.45) is 11.0 Å². The highest BCUT2D eigenvalue weighted by Crippen LogP contribution is 2.33. The molecule has 22 heavy (non-hydrogen) atoms. The Morgan fingerprint density at radius 3 is 2.82 bits per heavy atom. The number of unbranched alkanes of at least 4 members (excludes halogenated alkanes) is 1. The van der Waals surface area contributed by atoms with Gasteiger partial charge >= 0.3 is 0 Å². The highest BCUT2D eigenvalue weighted by atomic mass is 16.5. The zero-order chi connectivity index (χ0) is 15.4. The number of hydrazone groups is 1. The molecular formula is C18H27N3O. The second-order valence-electron chi connectivity index (χ2n) is 6.23. The molecule has 2 aliphatic rings. The summed E-state index contributed by atoms with van der Waals surface area (Å²) in [5.74, 6) is 1.48. The van der Waals surface area contributed by atoms with Crippen LogP contribution in [0.2, 0.25) is 0 Å². The van der Waals surface area contributed by atoms with Crippen molar-refractivity contribution in [2.75, 3.05) is 26.2 Å². The van der Waals surface area contributed by atoms with E-state index in [0.29, 0.717) is 12.0 Å². The number of hydrogen-bond acceptors (Lipinski definition) is 4. The van der Waals surface area contributed by atoms with Crippen LogP contribution in [0.1, 0.15) is 44.7 Å². The summed E-state index contributed by atoms with van der Waals surface area (Å²) >= 11 is 0. The topological polar surface area (TPSA) is 36.9 Å². The summed E-state index contributed by atoms with van der Waals surface area (Å²) in [5, 5.41) is 4.58. The zero-order valence-corrected chi connectivity index (χ0v) is 13.7. The Balaban J connectivity index is 1.64. The smallest absolute Gasteiger partial charge is 0.119 e. The van der Waals surface area contributed by atoms with E-state index in [1.54, 1.807) is 0 Å². The minimum Gasteiger partial charge on any atom is -0.494 e. The van der Waals surface area contributed by atoms with Crippen molar-refractivity contribution >= 4 is 5.71 Å². The van der Waals surface area contributed by atoms with E-state index in [9.17, 15) is 0 Å². The first-order valence-corrected chi connectivity index (χ1v) is 8.59. The average Bonchev–Trinajstić information content (AvgIpc) is 2.98. The van der Waals surface area contributed by atoms with Gasteiger partial charge in [0.2, 0.25) is 0 Å². The first-order valence-electron chi connectivity index (χ1n) is 8.59. The molecule has 0 aliphatic carbocycles. The summed E-state index contributed by atoms with van der Waals surface area (Å²) < 4.78 is 5.75. The first-order chi connectivity index (χ1) is 10.8. The van der Waals surface area contributed by atoms with E-state index in [-0.39, 0.29) is 0 Å². The maximum absolute atomic E-state index is 5.75. The van der Waals surface area contributed by atoms with E-state index in [0.717, 1.165) is 44.8 Å². The molecule has 2 aliphatic heterocycles. The van der Waals surface area contributed by atoms with E-state index in [1.807, 2.05) is 0 Å². The van der Waals surface area contributed by atoms with Crippen LogP contribution >= 0.6 is 0 Å². The lowest BCUT2D eigenvalue weighted by atomic mass is 9.86. The zero-order valence-electron chi connectivity index (χ0n) is 13.7. The van der Waals surface area contributed by atoms with Crippen LogP contribution in [-0.4, -0.2) is 36.9 Å². The second-order valence-corrected chi connectivity index (χ2v) is 6.23.